The average Bonchev–Trinajstić information content (AvgIpc) is 3.73. The quantitative estimate of drug-likeness (QED) is 0.109. The molecular weight excluding hydrogens is 577 g/mol. The molecule has 1 unspecified atom stereocenters. The van der Waals surface area contributed by atoms with E-state index in [4.69, 9.17) is 9.15 Å². The number of Topliss-reactive ketones (excluding diaryl/α,β-unsaturated/α-hetero) is 1. The van der Waals surface area contributed by atoms with Gasteiger partial charge in [0.2, 0.25) is 10.9 Å². The largest absolute Gasteiger partial charge is 0.503 e. The third-order valence-electron chi connectivity index (χ3n) is 7.02. The summed E-state index contributed by atoms with van der Waals surface area (Å²) in [7, 11) is 1.50. The van der Waals surface area contributed by atoms with Crippen LogP contribution < -0.4 is 9.64 Å². The number of hydrogen-bond acceptors (Lipinski definition) is 9. The van der Waals surface area contributed by atoms with Crippen molar-refractivity contribution in [1.29, 1.82) is 0 Å². The van der Waals surface area contributed by atoms with Crippen molar-refractivity contribution in [1.82, 2.24) is 10.2 Å². The Morgan fingerprint density at radius 3 is 2.64 bits per heavy atom. The zero-order chi connectivity index (χ0) is 29.4. The van der Waals surface area contributed by atoms with Crippen molar-refractivity contribution in [2.75, 3.05) is 12.0 Å². The minimum Gasteiger partial charge on any atom is -0.503 e. The Bertz CT molecular complexity index is 1850. The molecule has 0 fully saturated rings. The Kier molecular flexibility index (Phi) is 7.53. The van der Waals surface area contributed by atoms with Crippen LogP contribution in [0, 0.1) is 5.82 Å². The molecular formula is C31H24FN3O5S2. The first-order valence-electron chi connectivity index (χ1n) is 13.1. The number of aromatic nitrogens is 2. The summed E-state index contributed by atoms with van der Waals surface area (Å²) in [5, 5.41) is 20.4. The fourth-order valence-corrected chi connectivity index (χ4v) is 6.69. The summed E-state index contributed by atoms with van der Waals surface area (Å²) >= 11 is 2.40. The lowest BCUT2D eigenvalue weighted by Crippen LogP contribution is -2.31. The molecule has 3 aromatic carbocycles. The van der Waals surface area contributed by atoms with Crippen molar-refractivity contribution < 1.29 is 28.2 Å². The van der Waals surface area contributed by atoms with Crippen LogP contribution in [0.2, 0.25) is 0 Å². The number of amides is 1. The van der Waals surface area contributed by atoms with Gasteiger partial charge in [0.05, 0.1) is 18.7 Å². The molecule has 1 aliphatic heterocycles. The van der Waals surface area contributed by atoms with E-state index in [1.54, 1.807) is 42.5 Å². The number of halogens is 1. The van der Waals surface area contributed by atoms with Crippen molar-refractivity contribution >= 4 is 50.9 Å². The molecule has 3 heterocycles. The normalized spacial score (nSPS) is 15.2. The number of ketones is 1. The van der Waals surface area contributed by atoms with Gasteiger partial charge in [-0.05, 0) is 41.3 Å². The Morgan fingerprint density at radius 1 is 1.12 bits per heavy atom. The van der Waals surface area contributed by atoms with E-state index in [1.165, 1.54) is 29.8 Å². The van der Waals surface area contributed by atoms with Crippen LogP contribution in [-0.4, -0.2) is 34.1 Å². The SMILES string of the molecule is CCc1ccc(C2C(C(=O)c3cc4cccc(OC)c4o3)=C(O)C(=O)N2c2nnc(SCc3ccccc3F)s2)cc1. The van der Waals surface area contributed by atoms with Gasteiger partial charge in [0, 0.05) is 11.1 Å². The minimum absolute atomic E-state index is 0.0423. The van der Waals surface area contributed by atoms with Gasteiger partial charge in [-0.3, -0.25) is 14.5 Å². The second kappa shape index (κ2) is 11.4. The van der Waals surface area contributed by atoms with Gasteiger partial charge < -0.3 is 14.3 Å². The number of para-hydroxylation sites is 1. The molecule has 0 saturated heterocycles. The van der Waals surface area contributed by atoms with Crippen LogP contribution >= 0.6 is 23.1 Å². The summed E-state index contributed by atoms with van der Waals surface area (Å²) in [6, 6.07) is 19.8. The van der Waals surface area contributed by atoms with E-state index in [9.17, 15) is 19.1 Å². The van der Waals surface area contributed by atoms with E-state index in [1.807, 2.05) is 31.2 Å². The lowest BCUT2D eigenvalue weighted by Gasteiger charge is -2.24. The van der Waals surface area contributed by atoms with Gasteiger partial charge in [0.25, 0.3) is 5.91 Å². The molecule has 0 radical (unpaired) electrons. The van der Waals surface area contributed by atoms with Gasteiger partial charge in [0.1, 0.15) is 5.82 Å². The average molecular weight is 602 g/mol. The van der Waals surface area contributed by atoms with Gasteiger partial charge in [-0.2, -0.15) is 0 Å². The second-order valence-electron chi connectivity index (χ2n) is 9.48. The number of nitrogens with zero attached hydrogens (tertiary/aromatic N) is 3. The number of hydrogen-bond donors (Lipinski definition) is 1. The third-order valence-corrected chi connectivity index (χ3v) is 9.12. The maximum atomic E-state index is 14.1. The van der Waals surface area contributed by atoms with Crippen molar-refractivity contribution in [3.8, 4) is 5.75 Å². The van der Waals surface area contributed by atoms with Gasteiger partial charge in [-0.25, -0.2) is 4.39 Å². The molecule has 42 heavy (non-hydrogen) atoms. The van der Waals surface area contributed by atoms with E-state index in [2.05, 4.69) is 10.2 Å². The fourth-order valence-electron chi connectivity index (χ4n) is 4.84. The number of aliphatic hydroxyl groups is 1. The third kappa shape index (κ3) is 4.94. The van der Waals surface area contributed by atoms with E-state index in [0.29, 0.717) is 37.9 Å². The molecule has 0 bridgehead atoms. The predicted octanol–water partition coefficient (Wildman–Crippen LogP) is 7.07. The van der Waals surface area contributed by atoms with Crippen LogP contribution in [0.3, 0.4) is 0 Å². The Hall–Kier alpha value is -4.48. The first kappa shape index (κ1) is 27.7. The minimum atomic E-state index is -0.983. The highest BCUT2D eigenvalue weighted by Gasteiger charge is 2.46. The van der Waals surface area contributed by atoms with Crippen molar-refractivity contribution in [3.05, 3.63) is 112 Å². The predicted molar refractivity (Wildman–Crippen MR) is 159 cm³/mol. The molecule has 0 spiro atoms. The first-order valence-corrected chi connectivity index (χ1v) is 14.9. The highest BCUT2D eigenvalue weighted by Crippen LogP contribution is 2.44. The second-order valence-corrected chi connectivity index (χ2v) is 11.7. The van der Waals surface area contributed by atoms with Crippen LogP contribution in [0.15, 0.2) is 92.9 Å². The molecule has 6 rings (SSSR count). The molecule has 11 heteroatoms. The standard InChI is InChI=1S/C31H24FN3O5S2/c1-3-17-11-13-18(14-12-17)25-24(26(36)23-15-19-8-6-10-22(39-2)28(19)40-23)27(37)29(38)35(25)30-33-34-31(42-30)41-16-20-7-4-5-9-21(20)32/h4-15,25,37H,3,16H2,1-2H3. The zero-order valence-electron chi connectivity index (χ0n) is 22.5. The van der Waals surface area contributed by atoms with Crippen LogP contribution in [-0.2, 0) is 17.0 Å². The summed E-state index contributed by atoms with van der Waals surface area (Å²) in [6.07, 6.45) is 0.806. The van der Waals surface area contributed by atoms with Crippen molar-refractivity contribution in [3.63, 3.8) is 0 Å². The smallest absolute Gasteiger partial charge is 0.296 e. The van der Waals surface area contributed by atoms with Gasteiger partial charge >= 0.3 is 0 Å². The number of carbonyl (C=O) groups excluding carboxylic acids is 2. The van der Waals surface area contributed by atoms with Crippen molar-refractivity contribution in [2.24, 2.45) is 0 Å². The summed E-state index contributed by atoms with van der Waals surface area (Å²) in [5.41, 5.74) is 2.45. The van der Waals surface area contributed by atoms with Gasteiger partial charge in [-0.15, -0.1) is 10.2 Å². The summed E-state index contributed by atoms with van der Waals surface area (Å²) in [4.78, 5) is 28.8. The molecule has 5 aromatic rings. The Balaban J connectivity index is 1.38. The monoisotopic (exact) mass is 601 g/mol. The maximum absolute atomic E-state index is 14.1. The van der Waals surface area contributed by atoms with Crippen LogP contribution in [0.5, 0.6) is 5.75 Å². The lowest BCUT2D eigenvalue weighted by atomic mass is 9.94. The topological polar surface area (TPSA) is 106 Å². The molecule has 8 nitrogen and oxygen atoms in total. The molecule has 0 aliphatic carbocycles. The summed E-state index contributed by atoms with van der Waals surface area (Å²) < 4.78 is 25.9. The molecule has 1 aliphatic rings. The number of aliphatic hydroxyl groups excluding tert-OH is 1. The van der Waals surface area contributed by atoms with E-state index >= 15 is 0 Å². The molecule has 0 saturated carbocycles. The molecule has 1 atom stereocenters. The fraction of sp³-hybridized carbons (Fsp3) is 0.161. The summed E-state index contributed by atoms with van der Waals surface area (Å²) in [5.74, 6) is -1.69. The molecule has 1 N–H and O–H groups in total. The van der Waals surface area contributed by atoms with Crippen LogP contribution in [0.1, 0.15) is 40.2 Å². The van der Waals surface area contributed by atoms with Gasteiger partial charge in [-0.1, -0.05) is 84.6 Å². The molecule has 2 aromatic heterocycles. The number of methoxy groups -OCH3 is 1. The zero-order valence-corrected chi connectivity index (χ0v) is 24.2. The number of furan rings is 1. The number of fused-ring (bicyclic) bond motifs is 1. The Labute approximate surface area is 248 Å². The molecule has 1 amide bonds. The number of benzene rings is 3. The summed E-state index contributed by atoms with van der Waals surface area (Å²) in [6.45, 7) is 2.03. The number of aryl methyl sites for hydroxylation is 1. The number of anilines is 1. The lowest BCUT2D eigenvalue weighted by molar-refractivity contribution is -0.117. The van der Waals surface area contributed by atoms with Crippen molar-refractivity contribution in [2.45, 2.75) is 29.5 Å². The number of rotatable bonds is 9. The molecule has 212 valence electrons. The van der Waals surface area contributed by atoms with E-state index in [-0.39, 0.29) is 22.3 Å². The van der Waals surface area contributed by atoms with E-state index in [0.717, 1.165) is 23.3 Å². The number of ether oxygens (including phenoxy) is 1. The number of carbonyl (C=O) groups is 2. The van der Waals surface area contributed by atoms with E-state index < -0.39 is 23.5 Å². The first-order chi connectivity index (χ1) is 20.4. The highest BCUT2D eigenvalue weighted by molar-refractivity contribution is 8.00. The number of thioether (sulfide) groups is 1. The highest BCUT2D eigenvalue weighted by atomic mass is 32.2. The Morgan fingerprint density at radius 2 is 1.90 bits per heavy atom. The van der Waals surface area contributed by atoms with Gasteiger partial charge in [0.15, 0.2) is 27.2 Å². The maximum Gasteiger partial charge on any atom is 0.296 e. The van der Waals surface area contributed by atoms with Crippen LogP contribution in [0.4, 0.5) is 9.52 Å². The van der Waals surface area contributed by atoms with Crippen LogP contribution in [0.25, 0.3) is 11.0 Å².